The van der Waals surface area contributed by atoms with Gasteiger partial charge in [-0.25, -0.2) is 0 Å². The monoisotopic (exact) mass is 225 g/mol. The molecule has 94 valence electrons. The number of nitrogens with one attached hydrogen (secondary N) is 2. The summed E-state index contributed by atoms with van der Waals surface area (Å²) >= 11 is 0. The molecule has 0 bridgehead atoms. The summed E-state index contributed by atoms with van der Waals surface area (Å²) in [5.74, 6) is 0.861. The average molecular weight is 225 g/mol. The van der Waals surface area contributed by atoms with Crippen molar-refractivity contribution in [2.75, 3.05) is 39.8 Å². The van der Waals surface area contributed by atoms with Crippen LogP contribution in [0.5, 0.6) is 0 Å². The lowest BCUT2D eigenvalue weighted by molar-refractivity contribution is 0.200. The molecule has 0 amide bonds. The molecule has 0 spiro atoms. The Morgan fingerprint density at radius 1 is 1.38 bits per heavy atom. The lowest BCUT2D eigenvalue weighted by Gasteiger charge is -2.33. The van der Waals surface area contributed by atoms with Gasteiger partial charge in [0.25, 0.3) is 0 Å². The molecule has 2 N–H and O–H groups in total. The topological polar surface area (TPSA) is 27.3 Å². The van der Waals surface area contributed by atoms with E-state index in [1.54, 1.807) is 0 Å². The van der Waals surface area contributed by atoms with E-state index in [1.165, 1.54) is 32.5 Å². The first-order valence-electron chi connectivity index (χ1n) is 6.70. The lowest BCUT2D eigenvalue weighted by atomic mass is 9.78. The second kappa shape index (κ2) is 5.03. The Morgan fingerprint density at radius 3 is 2.75 bits per heavy atom. The Bertz CT molecular complexity index is 221. The quantitative estimate of drug-likeness (QED) is 0.745. The normalized spacial score (nSPS) is 32.4. The average Bonchev–Trinajstić information content (AvgIpc) is 2.85. The van der Waals surface area contributed by atoms with Gasteiger partial charge in [-0.2, -0.15) is 0 Å². The van der Waals surface area contributed by atoms with Gasteiger partial charge in [0, 0.05) is 25.7 Å². The molecule has 2 aliphatic heterocycles. The molecule has 0 aromatic carbocycles. The summed E-state index contributed by atoms with van der Waals surface area (Å²) in [5, 5.41) is 7.15. The van der Waals surface area contributed by atoms with Crippen LogP contribution in [0.3, 0.4) is 0 Å². The number of hydrogen-bond donors (Lipinski definition) is 2. The molecule has 2 unspecified atom stereocenters. The number of hydrogen-bond acceptors (Lipinski definition) is 3. The van der Waals surface area contributed by atoms with Crippen LogP contribution in [-0.2, 0) is 0 Å². The zero-order valence-corrected chi connectivity index (χ0v) is 11.1. The molecule has 3 nitrogen and oxygen atoms in total. The maximum Gasteiger partial charge on any atom is 0.0204 e. The molecule has 3 heteroatoms. The molecule has 2 atom stereocenters. The van der Waals surface area contributed by atoms with Crippen LogP contribution in [0.15, 0.2) is 0 Å². The van der Waals surface area contributed by atoms with Gasteiger partial charge >= 0.3 is 0 Å². The van der Waals surface area contributed by atoms with E-state index in [2.05, 4.69) is 36.4 Å². The van der Waals surface area contributed by atoms with Gasteiger partial charge in [0.15, 0.2) is 0 Å². The number of likely N-dealkylation sites (tertiary alicyclic amines) is 1. The van der Waals surface area contributed by atoms with Gasteiger partial charge in [0.1, 0.15) is 0 Å². The second-order valence-corrected chi connectivity index (χ2v) is 6.31. The fourth-order valence-electron chi connectivity index (χ4n) is 2.95. The first-order valence-corrected chi connectivity index (χ1v) is 6.70. The van der Waals surface area contributed by atoms with Gasteiger partial charge in [-0.3, -0.25) is 0 Å². The molecule has 2 saturated heterocycles. The van der Waals surface area contributed by atoms with Gasteiger partial charge in [0.05, 0.1) is 0 Å². The van der Waals surface area contributed by atoms with Crippen molar-refractivity contribution in [1.82, 2.24) is 15.5 Å². The highest BCUT2D eigenvalue weighted by molar-refractivity contribution is 4.88. The molecule has 2 heterocycles. The van der Waals surface area contributed by atoms with Crippen molar-refractivity contribution in [3.05, 3.63) is 0 Å². The Morgan fingerprint density at radius 2 is 2.19 bits per heavy atom. The van der Waals surface area contributed by atoms with Crippen molar-refractivity contribution < 1.29 is 0 Å². The first-order chi connectivity index (χ1) is 7.58. The van der Waals surface area contributed by atoms with E-state index < -0.39 is 0 Å². The summed E-state index contributed by atoms with van der Waals surface area (Å²) < 4.78 is 0. The minimum Gasteiger partial charge on any atom is -0.315 e. The fourth-order valence-corrected chi connectivity index (χ4v) is 2.95. The van der Waals surface area contributed by atoms with E-state index in [0.29, 0.717) is 11.5 Å². The summed E-state index contributed by atoms with van der Waals surface area (Å²) in [5.41, 5.74) is 0.438. The molecule has 2 aliphatic rings. The summed E-state index contributed by atoms with van der Waals surface area (Å²) in [6.45, 7) is 10.9. The predicted molar refractivity (Wildman–Crippen MR) is 68.7 cm³/mol. The minimum atomic E-state index is 0.438. The minimum absolute atomic E-state index is 0.438. The molecule has 2 fully saturated rings. The number of rotatable bonds is 4. The number of nitrogens with zero attached hydrogens (tertiary/aromatic N) is 1. The third kappa shape index (κ3) is 2.96. The Labute approximate surface area is 100.0 Å². The van der Waals surface area contributed by atoms with E-state index in [0.717, 1.165) is 19.0 Å². The third-order valence-corrected chi connectivity index (χ3v) is 4.40. The van der Waals surface area contributed by atoms with Crippen LogP contribution < -0.4 is 10.6 Å². The molecule has 0 aromatic heterocycles. The zero-order valence-electron chi connectivity index (χ0n) is 11.1. The van der Waals surface area contributed by atoms with Crippen molar-refractivity contribution in [3.63, 3.8) is 0 Å². The van der Waals surface area contributed by atoms with Gasteiger partial charge in [-0.05, 0) is 44.3 Å². The van der Waals surface area contributed by atoms with E-state index >= 15 is 0 Å². The largest absolute Gasteiger partial charge is 0.315 e. The highest BCUT2D eigenvalue weighted by atomic mass is 15.1. The predicted octanol–water partition coefficient (Wildman–Crippen LogP) is 0.916. The fraction of sp³-hybridized carbons (Fsp3) is 1.00. The lowest BCUT2D eigenvalue weighted by Crippen LogP contribution is -2.42. The van der Waals surface area contributed by atoms with Gasteiger partial charge in [-0.1, -0.05) is 13.8 Å². The molecule has 2 rings (SSSR count). The van der Waals surface area contributed by atoms with E-state index in [4.69, 9.17) is 0 Å². The summed E-state index contributed by atoms with van der Waals surface area (Å²) in [7, 11) is 2.24. The van der Waals surface area contributed by atoms with E-state index in [-0.39, 0.29) is 0 Å². The van der Waals surface area contributed by atoms with Crippen LogP contribution >= 0.6 is 0 Å². The van der Waals surface area contributed by atoms with Crippen molar-refractivity contribution in [2.24, 2.45) is 11.3 Å². The van der Waals surface area contributed by atoms with Crippen LogP contribution in [0.2, 0.25) is 0 Å². The second-order valence-electron chi connectivity index (χ2n) is 6.31. The van der Waals surface area contributed by atoms with Crippen molar-refractivity contribution in [2.45, 2.75) is 32.7 Å². The Balaban J connectivity index is 1.77. The van der Waals surface area contributed by atoms with Gasteiger partial charge in [0.2, 0.25) is 0 Å². The SMILES string of the molecule is CN1CCC(C(C)(C)CNC2CCNC2)C1. The van der Waals surface area contributed by atoms with Crippen molar-refractivity contribution >= 4 is 0 Å². The Hall–Kier alpha value is -0.120. The maximum absolute atomic E-state index is 3.73. The van der Waals surface area contributed by atoms with E-state index in [1.807, 2.05) is 0 Å². The van der Waals surface area contributed by atoms with Gasteiger partial charge < -0.3 is 15.5 Å². The molecule has 16 heavy (non-hydrogen) atoms. The highest BCUT2D eigenvalue weighted by Gasteiger charge is 2.34. The standard InChI is InChI=1S/C13H27N3/c1-13(2,11-5-7-16(3)9-11)10-15-12-4-6-14-8-12/h11-12,14-15H,4-10H2,1-3H3. The molecular weight excluding hydrogens is 198 g/mol. The van der Waals surface area contributed by atoms with Crippen LogP contribution in [0.4, 0.5) is 0 Å². The highest BCUT2D eigenvalue weighted by Crippen LogP contribution is 2.33. The van der Waals surface area contributed by atoms with E-state index in [9.17, 15) is 0 Å². The molecule has 0 radical (unpaired) electrons. The van der Waals surface area contributed by atoms with Gasteiger partial charge in [-0.15, -0.1) is 0 Å². The summed E-state index contributed by atoms with van der Waals surface area (Å²) in [6, 6.07) is 0.707. The summed E-state index contributed by atoms with van der Waals surface area (Å²) in [6.07, 6.45) is 2.66. The van der Waals surface area contributed by atoms with Crippen molar-refractivity contribution in [1.29, 1.82) is 0 Å². The Kier molecular flexibility index (Phi) is 3.88. The molecular formula is C13H27N3. The van der Waals surface area contributed by atoms with Crippen LogP contribution in [0.25, 0.3) is 0 Å². The van der Waals surface area contributed by atoms with Crippen LogP contribution in [-0.4, -0.2) is 50.7 Å². The molecule has 0 aromatic rings. The van der Waals surface area contributed by atoms with Crippen LogP contribution in [0.1, 0.15) is 26.7 Å². The maximum atomic E-state index is 3.73. The van der Waals surface area contributed by atoms with Crippen molar-refractivity contribution in [3.8, 4) is 0 Å². The third-order valence-electron chi connectivity index (χ3n) is 4.40. The molecule has 0 aliphatic carbocycles. The zero-order chi connectivity index (χ0) is 11.6. The molecule has 0 saturated carbocycles. The first kappa shape index (κ1) is 12.3. The summed E-state index contributed by atoms with van der Waals surface area (Å²) in [4.78, 5) is 2.46. The van der Waals surface area contributed by atoms with Crippen LogP contribution in [0, 0.1) is 11.3 Å². The smallest absolute Gasteiger partial charge is 0.0204 e.